The molecule has 2 aromatic carbocycles. The number of rotatable bonds is 4. The van der Waals surface area contributed by atoms with E-state index in [9.17, 15) is 10.2 Å². The summed E-state index contributed by atoms with van der Waals surface area (Å²) < 4.78 is 0. The molecule has 4 rings (SSSR count). The van der Waals surface area contributed by atoms with E-state index >= 15 is 0 Å². The fourth-order valence-electron chi connectivity index (χ4n) is 4.44. The SMILES string of the molecule is Oc1c(CN2CCCCC2)ccc2c(O)c(CN3CCCCC3)ccc12. The Morgan fingerprint density at radius 3 is 1.35 bits per heavy atom. The molecule has 2 N–H and O–H groups in total. The molecule has 0 atom stereocenters. The van der Waals surface area contributed by atoms with Gasteiger partial charge in [0.05, 0.1) is 0 Å². The summed E-state index contributed by atoms with van der Waals surface area (Å²) >= 11 is 0. The molecule has 0 radical (unpaired) electrons. The summed E-state index contributed by atoms with van der Waals surface area (Å²) in [6.45, 7) is 6.01. The Kier molecular flexibility index (Phi) is 5.32. The van der Waals surface area contributed by atoms with Crippen LogP contribution >= 0.6 is 0 Å². The number of hydrogen-bond donors (Lipinski definition) is 2. The summed E-state index contributed by atoms with van der Waals surface area (Å²) in [6, 6.07) is 7.92. The van der Waals surface area contributed by atoms with Crippen LogP contribution in [0.15, 0.2) is 24.3 Å². The largest absolute Gasteiger partial charge is 0.507 e. The average Bonchev–Trinajstić information content (AvgIpc) is 2.68. The van der Waals surface area contributed by atoms with Crippen molar-refractivity contribution in [3.05, 3.63) is 35.4 Å². The molecule has 0 bridgehead atoms. The molecule has 0 spiro atoms. The van der Waals surface area contributed by atoms with E-state index in [0.29, 0.717) is 11.5 Å². The van der Waals surface area contributed by atoms with Crippen LogP contribution in [-0.4, -0.2) is 46.2 Å². The van der Waals surface area contributed by atoms with E-state index in [1.54, 1.807) is 0 Å². The van der Waals surface area contributed by atoms with Gasteiger partial charge in [0.15, 0.2) is 0 Å². The number of hydrogen-bond acceptors (Lipinski definition) is 4. The van der Waals surface area contributed by atoms with Crippen molar-refractivity contribution in [2.24, 2.45) is 0 Å². The van der Waals surface area contributed by atoms with Crippen LogP contribution in [0.25, 0.3) is 10.8 Å². The van der Waals surface area contributed by atoms with Gasteiger partial charge in [0.2, 0.25) is 0 Å². The predicted octanol–water partition coefficient (Wildman–Crippen LogP) is 4.22. The molecule has 140 valence electrons. The molecule has 0 amide bonds. The Balaban J connectivity index is 1.58. The molecule has 4 heteroatoms. The third kappa shape index (κ3) is 3.67. The zero-order valence-corrected chi connectivity index (χ0v) is 15.6. The Bertz CT molecular complexity index is 697. The van der Waals surface area contributed by atoms with Crippen molar-refractivity contribution in [1.82, 2.24) is 9.80 Å². The minimum atomic E-state index is 0.327. The fourth-order valence-corrected chi connectivity index (χ4v) is 4.44. The maximum Gasteiger partial charge on any atom is 0.128 e. The number of piperidine rings is 2. The van der Waals surface area contributed by atoms with E-state index in [4.69, 9.17) is 0 Å². The molecule has 26 heavy (non-hydrogen) atoms. The van der Waals surface area contributed by atoms with Gasteiger partial charge in [0.1, 0.15) is 11.5 Å². The van der Waals surface area contributed by atoms with E-state index in [2.05, 4.69) is 9.80 Å². The lowest BCUT2D eigenvalue weighted by molar-refractivity contribution is 0.218. The second-order valence-electron chi connectivity index (χ2n) is 7.92. The zero-order chi connectivity index (χ0) is 17.9. The molecule has 4 nitrogen and oxygen atoms in total. The van der Waals surface area contributed by atoms with Gasteiger partial charge in [0.25, 0.3) is 0 Å². The number of benzene rings is 2. The maximum absolute atomic E-state index is 10.8. The number of nitrogens with zero attached hydrogens (tertiary/aromatic N) is 2. The Morgan fingerprint density at radius 2 is 0.962 bits per heavy atom. The quantitative estimate of drug-likeness (QED) is 0.863. The van der Waals surface area contributed by atoms with Gasteiger partial charge < -0.3 is 10.2 Å². The smallest absolute Gasteiger partial charge is 0.128 e. The number of aromatic hydroxyl groups is 2. The van der Waals surface area contributed by atoms with Crippen LogP contribution in [-0.2, 0) is 13.1 Å². The maximum atomic E-state index is 10.8. The highest BCUT2D eigenvalue weighted by Crippen LogP contribution is 2.37. The van der Waals surface area contributed by atoms with Gasteiger partial charge in [-0.15, -0.1) is 0 Å². The zero-order valence-electron chi connectivity index (χ0n) is 15.6. The lowest BCUT2D eigenvalue weighted by Gasteiger charge is -2.27. The van der Waals surface area contributed by atoms with Crippen LogP contribution in [0, 0.1) is 0 Å². The standard InChI is InChI=1S/C22H30N2O2/c25-21-17(15-23-11-3-1-4-12-23)7-9-20-19(21)10-8-18(22(20)26)16-24-13-5-2-6-14-24/h7-10,25-26H,1-6,11-16H2. The summed E-state index contributed by atoms with van der Waals surface area (Å²) in [5.41, 5.74) is 1.92. The summed E-state index contributed by atoms with van der Waals surface area (Å²) in [6.07, 6.45) is 7.61. The molecule has 0 unspecified atom stereocenters. The van der Waals surface area contributed by atoms with Gasteiger partial charge in [-0.2, -0.15) is 0 Å². The van der Waals surface area contributed by atoms with Crippen LogP contribution in [0.4, 0.5) is 0 Å². The molecule has 0 aromatic heterocycles. The molecule has 0 saturated carbocycles. The van der Waals surface area contributed by atoms with E-state index in [-0.39, 0.29) is 0 Å². The third-order valence-corrected chi connectivity index (χ3v) is 6.00. The lowest BCUT2D eigenvalue weighted by Crippen LogP contribution is -2.29. The van der Waals surface area contributed by atoms with Crippen molar-refractivity contribution in [3.8, 4) is 11.5 Å². The van der Waals surface area contributed by atoms with Crippen molar-refractivity contribution >= 4 is 10.8 Å². The van der Waals surface area contributed by atoms with Gasteiger partial charge in [-0.05, 0) is 51.9 Å². The average molecular weight is 354 g/mol. The van der Waals surface area contributed by atoms with Crippen molar-refractivity contribution in [2.75, 3.05) is 26.2 Å². The van der Waals surface area contributed by atoms with Crippen LogP contribution < -0.4 is 0 Å². The second kappa shape index (κ2) is 7.85. The molecule has 2 saturated heterocycles. The fraction of sp³-hybridized carbons (Fsp3) is 0.545. The van der Waals surface area contributed by atoms with Gasteiger partial charge in [-0.1, -0.05) is 37.1 Å². The normalized spacial score (nSPS) is 19.8. The summed E-state index contributed by atoms with van der Waals surface area (Å²) in [5, 5.41) is 23.1. The first-order valence-electron chi connectivity index (χ1n) is 10.1. The predicted molar refractivity (Wildman–Crippen MR) is 106 cm³/mol. The molecule has 2 fully saturated rings. The van der Waals surface area contributed by atoms with E-state index in [1.165, 1.54) is 38.5 Å². The van der Waals surface area contributed by atoms with Crippen molar-refractivity contribution < 1.29 is 10.2 Å². The van der Waals surface area contributed by atoms with Gasteiger partial charge in [0, 0.05) is 35.0 Å². The first-order chi connectivity index (χ1) is 12.7. The highest BCUT2D eigenvalue weighted by atomic mass is 16.3. The van der Waals surface area contributed by atoms with Crippen LogP contribution in [0.5, 0.6) is 11.5 Å². The van der Waals surface area contributed by atoms with E-state index in [1.807, 2.05) is 24.3 Å². The summed E-state index contributed by atoms with van der Waals surface area (Å²) in [4.78, 5) is 4.82. The number of phenols is 2. The van der Waals surface area contributed by atoms with Gasteiger partial charge in [-0.3, -0.25) is 9.80 Å². The Labute approximate surface area is 156 Å². The third-order valence-electron chi connectivity index (χ3n) is 6.00. The summed E-state index contributed by atoms with van der Waals surface area (Å²) in [7, 11) is 0. The van der Waals surface area contributed by atoms with Crippen molar-refractivity contribution in [3.63, 3.8) is 0 Å². The molecular weight excluding hydrogens is 324 g/mol. The molecule has 2 heterocycles. The first kappa shape index (κ1) is 17.6. The monoisotopic (exact) mass is 354 g/mol. The van der Waals surface area contributed by atoms with Gasteiger partial charge in [-0.25, -0.2) is 0 Å². The lowest BCUT2D eigenvalue weighted by atomic mass is 10.00. The van der Waals surface area contributed by atoms with Crippen LogP contribution in [0.1, 0.15) is 49.7 Å². The van der Waals surface area contributed by atoms with Crippen LogP contribution in [0.2, 0.25) is 0 Å². The minimum Gasteiger partial charge on any atom is -0.507 e. The highest BCUT2D eigenvalue weighted by Gasteiger charge is 2.18. The molecule has 2 aliphatic heterocycles. The highest BCUT2D eigenvalue weighted by molar-refractivity contribution is 5.94. The molecule has 0 aliphatic carbocycles. The minimum absolute atomic E-state index is 0.327. The topological polar surface area (TPSA) is 46.9 Å². The number of fused-ring (bicyclic) bond motifs is 1. The molecular formula is C22H30N2O2. The van der Waals surface area contributed by atoms with Crippen LogP contribution in [0.3, 0.4) is 0 Å². The Morgan fingerprint density at radius 1 is 0.577 bits per heavy atom. The summed E-state index contributed by atoms with van der Waals surface area (Å²) in [5.74, 6) is 0.654. The van der Waals surface area contributed by atoms with E-state index < -0.39 is 0 Å². The van der Waals surface area contributed by atoms with Crippen molar-refractivity contribution in [1.29, 1.82) is 0 Å². The van der Waals surface area contributed by atoms with E-state index in [0.717, 1.165) is 61.2 Å². The molecule has 2 aromatic rings. The van der Waals surface area contributed by atoms with Crippen molar-refractivity contribution in [2.45, 2.75) is 51.6 Å². The van der Waals surface area contributed by atoms with Gasteiger partial charge >= 0.3 is 0 Å². The Hall–Kier alpha value is -1.78. The molecule has 2 aliphatic rings. The first-order valence-corrected chi connectivity index (χ1v) is 10.1. The number of likely N-dealkylation sites (tertiary alicyclic amines) is 2. The number of phenolic OH excluding ortho intramolecular Hbond substituents is 2. The second-order valence-corrected chi connectivity index (χ2v) is 7.92.